The van der Waals surface area contributed by atoms with Crippen molar-refractivity contribution in [1.29, 1.82) is 0 Å². The summed E-state index contributed by atoms with van der Waals surface area (Å²) in [5, 5.41) is 10.6. The largest absolute Gasteiger partial charge is 0.370 e. The quantitative estimate of drug-likeness (QED) is 0.314. The summed E-state index contributed by atoms with van der Waals surface area (Å²) in [4.78, 5) is 13.8. The van der Waals surface area contributed by atoms with Crippen molar-refractivity contribution < 1.29 is 4.92 Å². The molecule has 0 aliphatic heterocycles. The number of nitrogens with two attached hydrogens (primary N) is 2. The number of guanidine groups is 1. The standard InChI is InChI=1S/C8H10N4O2/c1-5-2-3-6(11-8(9)10)4-7(5)12(13)14/h2-4H,1H3,(H4,9,10,11). The van der Waals surface area contributed by atoms with E-state index >= 15 is 0 Å². The molecule has 4 N–H and O–H groups in total. The smallest absolute Gasteiger partial charge is 0.274 e. The zero-order chi connectivity index (χ0) is 10.7. The molecule has 0 unspecified atom stereocenters. The van der Waals surface area contributed by atoms with Crippen LogP contribution < -0.4 is 11.5 Å². The Kier molecular flexibility index (Phi) is 2.66. The van der Waals surface area contributed by atoms with E-state index in [4.69, 9.17) is 11.5 Å². The number of rotatable bonds is 2. The molecule has 74 valence electrons. The van der Waals surface area contributed by atoms with Gasteiger partial charge in [0.05, 0.1) is 10.6 Å². The number of nitro benzene ring substituents is 1. The van der Waals surface area contributed by atoms with Crippen LogP contribution in [0.1, 0.15) is 5.56 Å². The molecule has 0 fully saturated rings. The fourth-order valence-electron chi connectivity index (χ4n) is 1.01. The van der Waals surface area contributed by atoms with Crippen molar-refractivity contribution in [2.24, 2.45) is 16.5 Å². The maximum atomic E-state index is 10.6. The van der Waals surface area contributed by atoms with E-state index in [9.17, 15) is 10.1 Å². The van der Waals surface area contributed by atoms with E-state index in [1.54, 1.807) is 19.1 Å². The fraction of sp³-hybridized carbons (Fsp3) is 0.125. The molecule has 0 bridgehead atoms. The average molecular weight is 194 g/mol. The lowest BCUT2D eigenvalue weighted by Crippen LogP contribution is -2.21. The number of nitrogens with zero attached hydrogens (tertiary/aromatic N) is 2. The van der Waals surface area contributed by atoms with Gasteiger partial charge < -0.3 is 11.5 Å². The summed E-state index contributed by atoms with van der Waals surface area (Å²) in [5.74, 6) is -0.122. The normalized spacial score (nSPS) is 9.50. The molecule has 0 heterocycles. The van der Waals surface area contributed by atoms with Crippen molar-refractivity contribution in [3.63, 3.8) is 0 Å². The van der Waals surface area contributed by atoms with Gasteiger partial charge in [-0.3, -0.25) is 10.1 Å². The van der Waals surface area contributed by atoms with Crippen LogP contribution in [0.15, 0.2) is 23.2 Å². The maximum Gasteiger partial charge on any atom is 0.274 e. The van der Waals surface area contributed by atoms with E-state index in [2.05, 4.69) is 4.99 Å². The van der Waals surface area contributed by atoms with Gasteiger partial charge in [0.1, 0.15) is 0 Å². The van der Waals surface area contributed by atoms with Crippen LogP contribution >= 0.6 is 0 Å². The fourth-order valence-corrected chi connectivity index (χ4v) is 1.01. The Morgan fingerprint density at radius 3 is 2.64 bits per heavy atom. The number of benzene rings is 1. The van der Waals surface area contributed by atoms with Crippen LogP contribution in [0.25, 0.3) is 0 Å². The summed E-state index contributed by atoms with van der Waals surface area (Å²) in [6, 6.07) is 4.54. The average Bonchev–Trinajstić information content (AvgIpc) is 2.07. The Morgan fingerprint density at radius 1 is 1.50 bits per heavy atom. The SMILES string of the molecule is Cc1ccc(N=C(N)N)cc1[N+](=O)[O-]. The van der Waals surface area contributed by atoms with Gasteiger partial charge in [0, 0.05) is 11.6 Å². The summed E-state index contributed by atoms with van der Waals surface area (Å²) in [7, 11) is 0. The highest BCUT2D eigenvalue weighted by atomic mass is 16.6. The molecule has 1 aromatic rings. The minimum absolute atomic E-state index is 0.00694. The molecule has 6 nitrogen and oxygen atoms in total. The van der Waals surface area contributed by atoms with Crippen molar-refractivity contribution in [3.05, 3.63) is 33.9 Å². The number of hydrogen-bond donors (Lipinski definition) is 2. The molecule has 14 heavy (non-hydrogen) atoms. The van der Waals surface area contributed by atoms with Crippen LogP contribution in [0.4, 0.5) is 11.4 Å². The first-order valence-corrected chi connectivity index (χ1v) is 3.85. The van der Waals surface area contributed by atoms with Crippen molar-refractivity contribution in [1.82, 2.24) is 0 Å². The first-order valence-electron chi connectivity index (χ1n) is 3.85. The molecular formula is C8H10N4O2. The first kappa shape index (κ1) is 9.97. The molecule has 0 aromatic heterocycles. The van der Waals surface area contributed by atoms with Gasteiger partial charge in [0.15, 0.2) is 5.96 Å². The van der Waals surface area contributed by atoms with Crippen LogP contribution in [0.3, 0.4) is 0 Å². The van der Waals surface area contributed by atoms with Gasteiger partial charge in [-0.15, -0.1) is 0 Å². The predicted octanol–water partition coefficient (Wildman–Crippen LogP) is 0.808. The summed E-state index contributed by atoms with van der Waals surface area (Å²) in [6.45, 7) is 1.65. The third-order valence-electron chi connectivity index (χ3n) is 1.65. The van der Waals surface area contributed by atoms with E-state index in [0.717, 1.165) is 0 Å². The monoisotopic (exact) mass is 194 g/mol. The summed E-state index contributed by atoms with van der Waals surface area (Å²) >= 11 is 0. The molecule has 0 radical (unpaired) electrons. The van der Waals surface area contributed by atoms with Crippen molar-refractivity contribution in [2.75, 3.05) is 0 Å². The van der Waals surface area contributed by atoms with Crippen LogP contribution in [0.5, 0.6) is 0 Å². The van der Waals surface area contributed by atoms with Gasteiger partial charge in [0.2, 0.25) is 0 Å². The third-order valence-corrected chi connectivity index (χ3v) is 1.65. The molecule has 0 aliphatic rings. The lowest BCUT2D eigenvalue weighted by atomic mass is 10.2. The van der Waals surface area contributed by atoms with E-state index in [1.807, 2.05) is 0 Å². The number of hydrogen-bond acceptors (Lipinski definition) is 3. The van der Waals surface area contributed by atoms with Gasteiger partial charge in [-0.25, -0.2) is 4.99 Å². The van der Waals surface area contributed by atoms with E-state index < -0.39 is 4.92 Å². The van der Waals surface area contributed by atoms with E-state index in [1.165, 1.54) is 6.07 Å². The van der Waals surface area contributed by atoms with Crippen molar-refractivity contribution in [2.45, 2.75) is 6.92 Å². The molecule has 0 saturated heterocycles. The molecule has 1 rings (SSSR count). The second-order valence-corrected chi connectivity index (χ2v) is 2.76. The highest BCUT2D eigenvalue weighted by Gasteiger charge is 2.10. The molecule has 6 heteroatoms. The molecule has 0 atom stereocenters. The molecule has 1 aromatic carbocycles. The highest BCUT2D eigenvalue weighted by molar-refractivity contribution is 5.79. The number of aryl methyl sites for hydroxylation is 1. The molecular weight excluding hydrogens is 184 g/mol. The first-order chi connectivity index (χ1) is 6.50. The Balaban J connectivity index is 3.20. The second kappa shape index (κ2) is 3.73. The second-order valence-electron chi connectivity index (χ2n) is 2.76. The van der Waals surface area contributed by atoms with Gasteiger partial charge in [-0.2, -0.15) is 0 Å². The molecule has 0 saturated carbocycles. The minimum Gasteiger partial charge on any atom is -0.370 e. The highest BCUT2D eigenvalue weighted by Crippen LogP contribution is 2.23. The van der Waals surface area contributed by atoms with Gasteiger partial charge in [-0.1, -0.05) is 6.07 Å². The Bertz CT molecular complexity index is 396. The third kappa shape index (κ3) is 2.19. The predicted molar refractivity (Wildman–Crippen MR) is 53.3 cm³/mol. The van der Waals surface area contributed by atoms with Crippen molar-refractivity contribution >= 4 is 17.3 Å². The Labute approximate surface area is 80.4 Å². The Morgan fingerprint density at radius 2 is 2.14 bits per heavy atom. The van der Waals surface area contributed by atoms with Crippen LogP contribution in [-0.4, -0.2) is 10.9 Å². The topological polar surface area (TPSA) is 108 Å². The maximum absolute atomic E-state index is 10.6. The lowest BCUT2D eigenvalue weighted by Gasteiger charge is -1.98. The minimum atomic E-state index is -0.471. The number of nitro groups is 1. The van der Waals surface area contributed by atoms with Crippen molar-refractivity contribution in [3.8, 4) is 0 Å². The molecule has 0 spiro atoms. The lowest BCUT2D eigenvalue weighted by molar-refractivity contribution is -0.385. The summed E-state index contributed by atoms with van der Waals surface area (Å²) in [5.41, 5.74) is 11.3. The van der Waals surface area contributed by atoms with Gasteiger partial charge >= 0.3 is 0 Å². The van der Waals surface area contributed by atoms with Gasteiger partial charge in [0.25, 0.3) is 5.69 Å². The zero-order valence-electron chi connectivity index (χ0n) is 7.60. The summed E-state index contributed by atoms with van der Waals surface area (Å²) in [6.07, 6.45) is 0. The summed E-state index contributed by atoms with van der Waals surface area (Å²) < 4.78 is 0. The van der Waals surface area contributed by atoms with E-state index in [0.29, 0.717) is 11.3 Å². The molecule has 0 amide bonds. The number of aliphatic imine (C=N–C) groups is 1. The van der Waals surface area contributed by atoms with Crippen LogP contribution in [0, 0.1) is 17.0 Å². The van der Waals surface area contributed by atoms with Crippen LogP contribution in [0.2, 0.25) is 0 Å². The van der Waals surface area contributed by atoms with Crippen LogP contribution in [-0.2, 0) is 0 Å². The molecule has 0 aliphatic carbocycles. The zero-order valence-corrected chi connectivity index (χ0v) is 7.60. The van der Waals surface area contributed by atoms with Gasteiger partial charge in [-0.05, 0) is 13.0 Å². The Hall–Kier alpha value is -2.11. The van der Waals surface area contributed by atoms with E-state index in [-0.39, 0.29) is 11.6 Å².